The minimum atomic E-state index is 0.228. The third-order valence-corrected chi connectivity index (χ3v) is 3.81. The first-order valence-corrected chi connectivity index (χ1v) is 9.69. The lowest BCUT2D eigenvalue weighted by Gasteiger charge is -2.11. The summed E-state index contributed by atoms with van der Waals surface area (Å²) in [6, 6.07) is 16.4. The number of ether oxygens (including phenoxy) is 4. The molecule has 0 heterocycles. The molecule has 0 amide bonds. The van der Waals surface area contributed by atoms with Crippen molar-refractivity contribution in [1.82, 2.24) is 0 Å². The fourth-order valence-electron chi connectivity index (χ4n) is 2.61. The van der Waals surface area contributed by atoms with Gasteiger partial charge >= 0.3 is 0 Å². The minimum Gasteiger partial charge on any atom is -0.491 e. The molecule has 4 nitrogen and oxygen atoms in total. The normalized spacial score (nSPS) is 11.2. The van der Waals surface area contributed by atoms with E-state index in [2.05, 4.69) is 24.3 Å². The van der Waals surface area contributed by atoms with Crippen LogP contribution in [0.2, 0.25) is 0 Å². The summed E-state index contributed by atoms with van der Waals surface area (Å²) >= 11 is 0. The quantitative estimate of drug-likeness (QED) is 0.497. The van der Waals surface area contributed by atoms with Crippen LogP contribution in [0.3, 0.4) is 0 Å². The molecule has 2 aromatic carbocycles. The maximum absolute atomic E-state index is 5.78. The number of rotatable bonds is 12. The number of hydrogen-bond donors (Lipinski definition) is 0. The van der Waals surface area contributed by atoms with E-state index in [0.717, 1.165) is 17.9 Å². The zero-order chi connectivity index (χ0) is 19.5. The van der Waals surface area contributed by atoms with Crippen LogP contribution in [0.25, 0.3) is 0 Å². The van der Waals surface area contributed by atoms with E-state index in [1.54, 1.807) is 0 Å². The van der Waals surface area contributed by atoms with Crippen molar-refractivity contribution in [1.29, 1.82) is 0 Å². The minimum absolute atomic E-state index is 0.228. The topological polar surface area (TPSA) is 36.9 Å². The Morgan fingerprint density at radius 1 is 0.630 bits per heavy atom. The van der Waals surface area contributed by atoms with Crippen LogP contribution in [-0.2, 0) is 15.9 Å². The molecule has 0 aliphatic heterocycles. The molecule has 0 saturated heterocycles. The Morgan fingerprint density at radius 3 is 1.48 bits per heavy atom. The van der Waals surface area contributed by atoms with Gasteiger partial charge in [0.15, 0.2) is 0 Å². The number of benzene rings is 2. The lowest BCUT2D eigenvalue weighted by Crippen LogP contribution is -2.11. The zero-order valence-corrected chi connectivity index (χ0v) is 16.9. The van der Waals surface area contributed by atoms with Crippen molar-refractivity contribution >= 4 is 0 Å². The van der Waals surface area contributed by atoms with Gasteiger partial charge in [0.2, 0.25) is 0 Å². The average Bonchev–Trinajstić information content (AvgIpc) is 2.63. The fourth-order valence-corrected chi connectivity index (χ4v) is 2.61. The molecule has 0 N–H and O–H groups in total. The first-order chi connectivity index (χ1) is 13.0. The van der Waals surface area contributed by atoms with E-state index in [-0.39, 0.29) is 12.2 Å². The SMILES string of the molecule is CC(C)OCCOc1cccc(Cc2cccc(OCCOC(C)C)c2)c1. The predicted molar refractivity (Wildman–Crippen MR) is 109 cm³/mol. The molecule has 4 heteroatoms. The molecule has 2 rings (SSSR count). The van der Waals surface area contributed by atoms with E-state index in [9.17, 15) is 0 Å². The van der Waals surface area contributed by atoms with Crippen molar-refractivity contribution in [2.75, 3.05) is 26.4 Å². The Labute approximate surface area is 163 Å². The van der Waals surface area contributed by atoms with Gasteiger partial charge in [0.25, 0.3) is 0 Å². The zero-order valence-electron chi connectivity index (χ0n) is 16.9. The van der Waals surface area contributed by atoms with Gasteiger partial charge in [-0.1, -0.05) is 24.3 Å². The molecule has 0 fully saturated rings. The lowest BCUT2D eigenvalue weighted by atomic mass is 10.0. The summed E-state index contributed by atoms with van der Waals surface area (Å²) in [7, 11) is 0. The molecule has 0 aliphatic carbocycles. The molecule has 0 aromatic heterocycles. The highest BCUT2D eigenvalue weighted by Gasteiger charge is 2.03. The second kappa shape index (κ2) is 11.6. The lowest BCUT2D eigenvalue weighted by molar-refractivity contribution is 0.0552. The third kappa shape index (κ3) is 8.94. The molecular formula is C23H32O4. The van der Waals surface area contributed by atoms with Crippen LogP contribution in [0.5, 0.6) is 11.5 Å². The van der Waals surface area contributed by atoms with Crippen LogP contribution < -0.4 is 9.47 Å². The van der Waals surface area contributed by atoms with Crippen molar-refractivity contribution in [3.8, 4) is 11.5 Å². The summed E-state index contributed by atoms with van der Waals surface area (Å²) < 4.78 is 22.6. The number of hydrogen-bond acceptors (Lipinski definition) is 4. The van der Waals surface area contributed by atoms with Crippen LogP contribution >= 0.6 is 0 Å². The third-order valence-electron chi connectivity index (χ3n) is 3.81. The molecule has 0 unspecified atom stereocenters. The highest BCUT2D eigenvalue weighted by molar-refractivity contribution is 5.35. The summed E-state index contributed by atoms with van der Waals surface area (Å²) in [6.07, 6.45) is 1.29. The first kappa shape index (κ1) is 21.3. The Hall–Kier alpha value is -2.04. The molecule has 0 aliphatic rings. The standard InChI is InChI=1S/C23H32O4/c1-18(2)24-11-13-26-22-9-5-7-20(16-22)15-21-8-6-10-23(17-21)27-14-12-25-19(3)4/h5-10,16-19H,11-15H2,1-4H3. The van der Waals surface area contributed by atoms with E-state index in [0.29, 0.717) is 26.4 Å². The largest absolute Gasteiger partial charge is 0.491 e. The Bertz CT molecular complexity index is 609. The second-order valence-electron chi connectivity index (χ2n) is 7.01. The monoisotopic (exact) mass is 372 g/mol. The molecule has 27 heavy (non-hydrogen) atoms. The van der Waals surface area contributed by atoms with Crippen LogP contribution in [0.15, 0.2) is 48.5 Å². The van der Waals surface area contributed by atoms with Gasteiger partial charge in [0, 0.05) is 0 Å². The fraction of sp³-hybridized carbons (Fsp3) is 0.478. The second-order valence-corrected chi connectivity index (χ2v) is 7.01. The maximum Gasteiger partial charge on any atom is 0.119 e. The molecule has 0 bridgehead atoms. The Balaban J connectivity index is 1.85. The smallest absolute Gasteiger partial charge is 0.119 e. The molecule has 2 aromatic rings. The first-order valence-electron chi connectivity index (χ1n) is 9.69. The summed E-state index contributed by atoms with van der Waals surface area (Å²) in [6.45, 7) is 10.4. The van der Waals surface area contributed by atoms with E-state index in [1.807, 2.05) is 52.0 Å². The summed E-state index contributed by atoms with van der Waals surface area (Å²) in [4.78, 5) is 0. The highest BCUT2D eigenvalue weighted by Crippen LogP contribution is 2.19. The van der Waals surface area contributed by atoms with Gasteiger partial charge in [-0.3, -0.25) is 0 Å². The van der Waals surface area contributed by atoms with Crippen LogP contribution in [0.4, 0.5) is 0 Å². The van der Waals surface area contributed by atoms with E-state index in [4.69, 9.17) is 18.9 Å². The van der Waals surface area contributed by atoms with Crippen LogP contribution in [0.1, 0.15) is 38.8 Å². The van der Waals surface area contributed by atoms with E-state index in [1.165, 1.54) is 11.1 Å². The average molecular weight is 373 g/mol. The van der Waals surface area contributed by atoms with Gasteiger partial charge in [-0.05, 0) is 69.5 Å². The maximum atomic E-state index is 5.78. The van der Waals surface area contributed by atoms with Crippen LogP contribution in [-0.4, -0.2) is 38.6 Å². The van der Waals surface area contributed by atoms with Crippen molar-refractivity contribution in [3.63, 3.8) is 0 Å². The summed E-state index contributed by atoms with van der Waals surface area (Å²) in [5.41, 5.74) is 2.41. The van der Waals surface area contributed by atoms with E-state index < -0.39 is 0 Å². The predicted octanol–water partition coefficient (Wildman–Crippen LogP) is 4.89. The van der Waals surface area contributed by atoms with Gasteiger partial charge in [0.1, 0.15) is 24.7 Å². The van der Waals surface area contributed by atoms with Crippen molar-refractivity contribution < 1.29 is 18.9 Å². The molecule has 0 radical (unpaired) electrons. The Kier molecular flexibility index (Phi) is 9.16. The molecular weight excluding hydrogens is 340 g/mol. The molecule has 0 atom stereocenters. The molecule has 0 saturated carbocycles. The van der Waals surface area contributed by atoms with Crippen molar-refractivity contribution in [2.24, 2.45) is 0 Å². The van der Waals surface area contributed by atoms with Crippen molar-refractivity contribution in [3.05, 3.63) is 59.7 Å². The molecule has 0 spiro atoms. The van der Waals surface area contributed by atoms with Gasteiger partial charge < -0.3 is 18.9 Å². The van der Waals surface area contributed by atoms with Gasteiger partial charge in [-0.15, -0.1) is 0 Å². The Morgan fingerprint density at radius 2 is 1.07 bits per heavy atom. The molecule has 148 valence electrons. The van der Waals surface area contributed by atoms with Gasteiger partial charge in [-0.2, -0.15) is 0 Å². The van der Waals surface area contributed by atoms with Gasteiger partial charge in [0.05, 0.1) is 25.4 Å². The van der Waals surface area contributed by atoms with Crippen LogP contribution in [0, 0.1) is 0 Å². The van der Waals surface area contributed by atoms with Crippen molar-refractivity contribution in [2.45, 2.75) is 46.3 Å². The van der Waals surface area contributed by atoms with Gasteiger partial charge in [-0.25, -0.2) is 0 Å². The summed E-state index contributed by atoms with van der Waals surface area (Å²) in [5.74, 6) is 1.75. The highest BCUT2D eigenvalue weighted by atomic mass is 16.5. The van der Waals surface area contributed by atoms with E-state index >= 15 is 0 Å². The summed E-state index contributed by atoms with van der Waals surface area (Å²) in [5, 5.41) is 0.